The SMILES string of the molecule is Cc1cn(C)c2c(-c3nn[nH]n3)cccc12. The number of aryl methyl sites for hydroxylation is 2. The van der Waals surface area contributed by atoms with Crippen LogP contribution < -0.4 is 0 Å². The normalized spacial score (nSPS) is 11.1. The van der Waals surface area contributed by atoms with Crippen molar-refractivity contribution >= 4 is 10.9 Å². The lowest BCUT2D eigenvalue weighted by Gasteiger charge is -2.01. The number of aromatic amines is 1. The summed E-state index contributed by atoms with van der Waals surface area (Å²) in [5.41, 5.74) is 3.39. The number of aromatic nitrogens is 5. The van der Waals surface area contributed by atoms with Crippen molar-refractivity contribution in [3.8, 4) is 11.4 Å². The highest BCUT2D eigenvalue weighted by Crippen LogP contribution is 2.28. The Balaban J connectivity index is 2.41. The number of hydrogen-bond acceptors (Lipinski definition) is 3. The van der Waals surface area contributed by atoms with Gasteiger partial charge < -0.3 is 4.57 Å². The molecular formula is C11H11N5. The van der Waals surface area contributed by atoms with E-state index in [1.165, 1.54) is 10.9 Å². The van der Waals surface area contributed by atoms with E-state index in [4.69, 9.17) is 0 Å². The molecule has 1 N–H and O–H groups in total. The van der Waals surface area contributed by atoms with E-state index in [2.05, 4.69) is 44.4 Å². The van der Waals surface area contributed by atoms with Gasteiger partial charge in [-0.05, 0) is 23.8 Å². The van der Waals surface area contributed by atoms with Gasteiger partial charge in [-0.25, -0.2) is 0 Å². The molecule has 1 aromatic carbocycles. The van der Waals surface area contributed by atoms with E-state index in [1.54, 1.807) is 0 Å². The summed E-state index contributed by atoms with van der Waals surface area (Å²) in [6.45, 7) is 2.10. The van der Waals surface area contributed by atoms with Crippen molar-refractivity contribution < 1.29 is 0 Å². The van der Waals surface area contributed by atoms with Crippen molar-refractivity contribution in [1.29, 1.82) is 0 Å². The average molecular weight is 213 g/mol. The number of hydrogen-bond donors (Lipinski definition) is 1. The molecule has 0 fully saturated rings. The predicted molar refractivity (Wildman–Crippen MR) is 60.8 cm³/mol. The van der Waals surface area contributed by atoms with E-state index in [0.29, 0.717) is 5.82 Å². The largest absolute Gasteiger partial charge is 0.350 e. The van der Waals surface area contributed by atoms with Crippen LogP contribution in [0.3, 0.4) is 0 Å². The zero-order valence-corrected chi connectivity index (χ0v) is 9.10. The quantitative estimate of drug-likeness (QED) is 0.668. The summed E-state index contributed by atoms with van der Waals surface area (Å²) in [6.07, 6.45) is 2.11. The van der Waals surface area contributed by atoms with Crippen molar-refractivity contribution in [3.05, 3.63) is 30.0 Å². The highest BCUT2D eigenvalue weighted by molar-refractivity contribution is 5.94. The highest BCUT2D eigenvalue weighted by Gasteiger charge is 2.11. The molecule has 80 valence electrons. The van der Waals surface area contributed by atoms with Crippen molar-refractivity contribution in [3.63, 3.8) is 0 Å². The van der Waals surface area contributed by atoms with Crippen LogP contribution in [-0.2, 0) is 7.05 Å². The smallest absolute Gasteiger partial charge is 0.206 e. The van der Waals surface area contributed by atoms with E-state index in [0.717, 1.165) is 11.1 Å². The summed E-state index contributed by atoms with van der Waals surface area (Å²) >= 11 is 0. The van der Waals surface area contributed by atoms with Crippen LogP contribution in [0.2, 0.25) is 0 Å². The first-order chi connectivity index (χ1) is 7.77. The molecule has 0 saturated carbocycles. The maximum atomic E-state index is 4.03. The average Bonchev–Trinajstić information content (AvgIpc) is 2.88. The van der Waals surface area contributed by atoms with Crippen molar-refractivity contribution in [2.75, 3.05) is 0 Å². The minimum Gasteiger partial charge on any atom is -0.350 e. The molecule has 2 heterocycles. The van der Waals surface area contributed by atoms with Gasteiger partial charge in [0.2, 0.25) is 5.82 Å². The molecule has 2 aromatic heterocycles. The Hall–Kier alpha value is -2.17. The van der Waals surface area contributed by atoms with Gasteiger partial charge in [-0.15, -0.1) is 10.2 Å². The fraction of sp³-hybridized carbons (Fsp3) is 0.182. The Labute approximate surface area is 92.1 Å². The molecule has 0 spiro atoms. The zero-order valence-electron chi connectivity index (χ0n) is 9.10. The van der Waals surface area contributed by atoms with E-state index in [9.17, 15) is 0 Å². The number of nitrogens with one attached hydrogen (secondary N) is 1. The third kappa shape index (κ3) is 1.14. The molecule has 0 aliphatic rings. The highest BCUT2D eigenvalue weighted by atomic mass is 15.5. The molecule has 3 aromatic rings. The number of rotatable bonds is 1. The second kappa shape index (κ2) is 3.16. The molecule has 5 heteroatoms. The van der Waals surface area contributed by atoms with Crippen LogP contribution in [-0.4, -0.2) is 25.2 Å². The second-order valence-electron chi connectivity index (χ2n) is 3.86. The number of benzene rings is 1. The van der Waals surface area contributed by atoms with Crippen molar-refractivity contribution in [2.24, 2.45) is 7.05 Å². The number of nitrogens with zero attached hydrogens (tertiary/aromatic N) is 4. The molecule has 0 radical (unpaired) electrons. The standard InChI is InChI=1S/C11H11N5/c1-7-6-16(2)10-8(7)4-3-5-9(10)11-12-14-15-13-11/h3-6H,1-2H3,(H,12,13,14,15). The maximum absolute atomic E-state index is 4.03. The van der Waals surface area contributed by atoms with Crippen LogP contribution in [0.4, 0.5) is 0 Å². The zero-order chi connectivity index (χ0) is 11.1. The predicted octanol–water partition coefficient (Wildman–Crippen LogP) is 1.67. The van der Waals surface area contributed by atoms with Gasteiger partial charge >= 0.3 is 0 Å². The van der Waals surface area contributed by atoms with Crippen LogP contribution in [0, 0.1) is 6.92 Å². The lowest BCUT2D eigenvalue weighted by molar-refractivity contribution is 0.881. The summed E-state index contributed by atoms with van der Waals surface area (Å²) in [5, 5.41) is 15.4. The molecule has 0 saturated heterocycles. The van der Waals surface area contributed by atoms with Crippen molar-refractivity contribution in [1.82, 2.24) is 25.2 Å². The van der Waals surface area contributed by atoms with Crippen LogP contribution in [0.15, 0.2) is 24.4 Å². The fourth-order valence-corrected chi connectivity index (χ4v) is 2.12. The monoisotopic (exact) mass is 213 g/mol. The van der Waals surface area contributed by atoms with E-state index in [1.807, 2.05) is 19.2 Å². The van der Waals surface area contributed by atoms with Crippen LogP contribution in [0.1, 0.15) is 5.56 Å². The number of tetrazole rings is 1. The first-order valence-electron chi connectivity index (χ1n) is 5.06. The first kappa shape index (κ1) is 9.08. The fourth-order valence-electron chi connectivity index (χ4n) is 2.12. The minimum absolute atomic E-state index is 0.631. The molecule has 5 nitrogen and oxygen atoms in total. The molecule has 0 unspecified atom stereocenters. The topological polar surface area (TPSA) is 59.4 Å². The summed E-state index contributed by atoms with van der Waals surface area (Å²) in [7, 11) is 2.03. The Morgan fingerprint density at radius 3 is 2.94 bits per heavy atom. The van der Waals surface area contributed by atoms with Gasteiger partial charge in [-0.1, -0.05) is 12.1 Å². The maximum Gasteiger partial charge on any atom is 0.206 e. The van der Waals surface area contributed by atoms with Crippen molar-refractivity contribution in [2.45, 2.75) is 6.92 Å². The summed E-state index contributed by atoms with van der Waals surface area (Å²) in [5.74, 6) is 0.631. The van der Waals surface area contributed by atoms with Crippen LogP contribution in [0.25, 0.3) is 22.3 Å². The molecule has 0 amide bonds. The van der Waals surface area contributed by atoms with Gasteiger partial charge in [0, 0.05) is 24.2 Å². The Morgan fingerprint density at radius 1 is 1.31 bits per heavy atom. The molecule has 0 aliphatic carbocycles. The molecule has 0 atom stereocenters. The summed E-state index contributed by atoms with van der Waals surface area (Å²) in [4.78, 5) is 0. The van der Waals surface area contributed by atoms with Gasteiger partial charge in [-0.3, -0.25) is 0 Å². The minimum atomic E-state index is 0.631. The number of fused-ring (bicyclic) bond motifs is 1. The van der Waals surface area contributed by atoms with E-state index < -0.39 is 0 Å². The third-order valence-corrected chi connectivity index (χ3v) is 2.79. The summed E-state index contributed by atoms with van der Waals surface area (Å²) < 4.78 is 2.09. The third-order valence-electron chi connectivity index (χ3n) is 2.79. The number of H-pyrrole nitrogens is 1. The molecular weight excluding hydrogens is 202 g/mol. The summed E-state index contributed by atoms with van der Waals surface area (Å²) in [6, 6.07) is 6.13. The second-order valence-corrected chi connectivity index (χ2v) is 3.86. The van der Waals surface area contributed by atoms with E-state index in [-0.39, 0.29) is 0 Å². The molecule has 0 bridgehead atoms. The van der Waals surface area contributed by atoms with Crippen LogP contribution >= 0.6 is 0 Å². The first-order valence-corrected chi connectivity index (χ1v) is 5.06. The van der Waals surface area contributed by atoms with Gasteiger partial charge in [0.15, 0.2) is 0 Å². The molecule has 0 aliphatic heterocycles. The Bertz CT molecular complexity index is 636. The molecule has 3 rings (SSSR count). The van der Waals surface area contributed by atoms with Gasteiger partial charge in [0.25, 0.3) is 0 Å². The van der Waals surface area contributed by atoms with E-state index >= 15 is 0 Å². The lowest BCUT2D eigenvalue weighted by Crippen LogP contribution is -1.89. The van der Waals surface area contributed by atoms with Gasteiger partial charge in [0.05, 0.1) is 5.52 Å². The Morgan fingerprint density at radius 2 is 2.19 bits per heavy atom. The Kier molecular flexibility index (Phi) is 1.80. The lowest BCUT2D eigenvalue weighted by atomic mass is 10.1. The van der Waals surface area contributed by atoms with Gasteiger partial charge in [-0.2, -0.15) is 5.21 Å². The van der Waals surface area contributed by atoms with Gasteiger partial charge in [0.1, 0.15) is 0 Å². The van der Waals surface area contributed by atoms with Crippen LogP contribution in [0.5, 0.6) is 0 Å². The molecule has 16 heavy (non-hydrogen) atoms. The number of para-hydroxylation sites is 1.